The highest BCUT2D eigenvalue weighted by Gasteiger charge is 2.38. The topological polar surface area (TPSA) is 178 Å². The number of piperidine rings is 1. The molecular weight excluding hydrogens is 921 g/mol. The van der Waals surface area contributed by atoms with Gasteiger partial charge in [-0.15, -0.1) is 0 Å². The number of H-pyrrole nitrogens is 1. The third-order valence-corrected chi connectivity index (χ3v) is 16.1. The van der Waals surface area contributed by atoms with Gasteiger partial charge in [-0.25, -0.2) is 32.3 Å². The van der Waals surface area contributed by atoms with Crippen LogP contribution in [0.25, 0.3) is 33.3 Å². The maximum absolute atomic E-state index is 16.0. The van der Waals surface area contributed by atoms with Crippen LogP contribution in [-0.4, -0.2) is 132 Å². The Hall–Kier alpha value is -5.85. The van der Waals surface area contributed by atoms with Crippen LogP contribution in [-0.2, 0) is 14.8 Å². The molecule has 1 atom stereocenters. The van der Waals surface area contributed by atoms with E-state index in [4.69, 9.17) is 16.3 Å². The molecule has 0 radical (unpaired) electrons. The summed E-state index contributed by atoms with van der Waals surface area (Å²) in [5.41, 5.74) is 5.54. The monoisotopic (exact) mass is 977 g/mol. The summed E-state index contributed by atoms with van der Waals surface area (Å²) in [5, 5.41) is 17.9. The molecule has 1 unspecified atom stereocenters. The van der Waals surface area contributed by atoms with Gasteiger partial charge in [0, 0.05) is 99.2 Å². The highest BCUT2D eigenvalue weighted by Crippen LogP contribution is 2.43. The number of carbonyl (C=O) groups excluding carboxylic acids is 1. The summed E-state index contributed by atoms with van der Waals surface area (Å²) in [6.45, 7) is 11.0. The van der Waals surface area contributed by atoms with Gasteiger partial charge < -0.3 is 20.1 Å². The molecule has 1 aliphatic carbocycles. The SMILES string of the molecule is CC1(C)CCC(CN2CCN(c3ccc(C(=O)NS(=O)(=O)c4ccc(NCC5(F)CCN(C6CCOC6)CC5)c(C(=O)O)c4)c(-n4[nH]cc5nc6nccc6cc54)c3)CC2)=C(c2ccc(Cl)cc2)C1. The van der Waals surface area contributed by atoms with E-state index in [1.54, 1.807) is 23.1 Å². The van der Waals surface area contributed by atoms with Gasteiger partial charge in [0.2, 0.25) is 0 Å². The lowest BCUT2D eigenvalue weighted by Crippen LogP contribution is -2.49. The number of amides is 1. The Balaban J connectivity index is 0.879. The first-order valence-electron chi connectivity index (χ1n) is 23.7. The minimum Gasteiger partial charge on any atom is -0.478 e. The Morgan fingerprint density at radius 1 is 0.957 bits per heavy atom. The van der Waals surface area contributed by atoms with Gasteiger partial charge in [-0.05, 0) is 116 Å². The maximum atomic E-state index is 16.0. The second-order valence-corrected chi connectivity index (χ2v) is 21.9. The number of piperazine rings is 1. The number of anilines is 2. The molecule has 6 heterocycles. The van der Waals surface area contributed by atoms with Gasteiger partial charge in [-0.1, -0.05) is 43.2 Å². The Bertz CT molecular complexity index is 3060. The number of carbonyl (C=O) groups is 2. The first-order valence-corrected chi connectivity index (χ1v) is 25.6. The number of likely N-dealkylation sites (tertiary alicyclic amines) is 1. The zero-order valence-electron chi connectivity index (χ0n) is 38.8. The Kier molecular flexibility index (Phi) is 12.8. The largest absolute Gasteiger partial charge is 0.478 e. The lowest BCUT2D eigenvalue weighted by Gasteiger charge is -2.39. The summed E-state index contributed by atoms with van der Waals surface area (Å²) in [5.74, 6) is -2.32. The Morgan fingerprint density at radius 2 is 1.74 bits per heavy atom. The quantitative estimate of drug-likeness (QED) is 0.0875. The molecule has 0 saturated carbocycles. The normalized spacial score (nSPS) is 20.2. The fraction of sp³-hybridized carbons (Fsp3) is 0.412. The highest BCUT2D eigenvalue weighted by atomic mass is 35.5. The molecule has 3 aliphatic heterocycles. The molecule has 362 valence electrons. The van der Waals surface area contributed by atoms with E-state index in [0.29, 0.717) is 48.7 Å². The van der Waals surface area contributed by atoms with Gasteiger partial charge in [0.15, 0.2) is 5.65 Å². The van der Waals surface area contributed by atoms with Crippen LogP contribution >= 0.6 is 11.6 Å². The van der Waals surface area contributed by atoms with E-state index in [9.17, 15) is 23.1 Å². The number of fused-ring (bicyclic) bond motifs is 2. The Morgan fingerprint density at radius 3 is 2.48 bits per heavy atom. The highest BCUT2D eigenvalue weighted by molar-refractivity contribution is 7.90. The van der Waals surface area contributed by atoms with Crippen LogP contribution < -0.4 is 14.9 Å². The molecule has 4 N–H and O–H groups in total. The van der Waals surface area contributed by atoms with Crippen LogP contribution in [0.5, 0.6) is 0 Å². The average Bonchev–Trinajstić information content (AvgIpc) is 4.13. The van der Waals surface area contributed by atoms with E-state index in [2.05, 4.69) is 65.8 Å². The molecule has 6 aromatic rings. The third kappa shape index (κ3) is 9.97. The molecule has 15 nitrogen and oxygen atoms in total. The van der Waals surface area contributed by atoms with Gasteiger partial charge in [0.25, 0.3) is 15.9 Å². The number of rotatable bonds is 13. The van der Waals surface area contributed by atoms with Crippen molar-refractivity contribution >= 4 is 72.5 Å². The first-order chi connectivity index (χ1) is 33.1. The number of ether oxygens (including phenoxy) is 1. The van der Waals surface area contributed by atoms with Crippen LogP contribution in [0.15, 0.2) is 95.7 Å². The van der Waals surface area contributed by atoms with Gasteiger partial charge in [-0.3, -0.25) is 24.4 Å². The number of carboxylic acid groups (broad SMARTS) is 1. The smallest absolute Gasteiger partial charge is 0.337 e. The van der Waals surface area contributed by atoms with E-state index >= 15 is 4.39 Å². The van der Waals surface area contributed by atoms with Crippen LogP contribution in [0.1, 0.15) is 78.7 Å². The summed E-state index contributed by atoms with van der Waals surface area (Å²) in [6, 6.07) is 21.0. The number of sulfonamides is 1. The average molecular weight is 979 g/mol. The lowest BCUT2D eigenvalue weighted by molar-refractivity contribution is 0.0429. The standard InChI is InChI=1S/C51H57ClFN9O6S/c1-50(2)14-11-35(42(28-50)33-3-5-36(52)6-4-33)30-59-20-22-61(23-21-59)37-7-9-40(45(26-37)62-46-25-34-12-17-54-47(34)57-44(46)29-56-62)48(63)58-69(66,67)39-8-10-43(41(27-39)49(64)65)55-32-51(53)15-18-60(19-16-51)38-13-24-68-31-38/h3-10,12,17,25-27,29,38,55-56H,11,13-16,18-24,28,30-32H2,1-2H3,(H,58,63)(H,64,65). The zero-order chi connectivity index (χ0) is 48.1. The minimum absolute atomic E-state index is 0.0498. The van der Waals surface area contributed by atoms with E-state index in [1.807, 2.05) is 36.4 Å². The van der Waals surface area contributed by atoms with Gasteiger partial charge in [0.1, 0.15) is 11.2 Å². The number of pyridine rings is 1. The molecule has 1 amide bonds. The third-order valence-electron chi connectivity index (χ3n) is 14.5. The van der Waals surface area contributed by atoms with E-state index < -0.39 is 32.5 Å². The van der Waals surface area contributed by atoms with Gasteiger partial charge in [-0.2, -0.15) is 0 Å². The molecule has 3 fully saturated rings. The summed E-state index contributed by atoms with van der Waals surface area (Å²) < 4.78 is 53.4. The number of halogens is 2. The number of carboxylic acids is 1. The predicted octanol–water partition coefficient (Wildman–Crippen LogP) is 8.16. The van der Waals surface area contributed by atoms with Crippen LogP contribution in [0.4, 0.5) is 15.8 Å². The number of aromatic nitrogens is 4. The van der Waals surface area contributed by atoms with E-state index in [0.717, 1.165) is 80.6 Å². The van der Waals surface area contributed by atoms with Crippen molar-refractivity contribution in [2.24, 2.45) is 5.41 Å². The lowest BCUT2D eigenvalue weighted by atomic mass is 9.72. The van der Waals surface area contributed by atoms with Crippen LogP contribution in [0.2, 0.25) is 5.02 Å². The predicted molar refractivity (Wildman–Crippen MR) is 266 cm³/mol. The molecule has 0 bridgehead atoms. The molecule has 3 saturated heterocycles. The van der Waals surface area contributed by atoms with Crippen molar-refractivity contribution in [3.8, 4) is 5.69 Å². The molecule has 18 heteroatoms. The van der Waals surface area contributed by atoms with Crippen molar-refractivity contribution in [3.05, 3.63) is 112 Å². The summed E-state index contributed by atoms with van der Waals surface area (Å²) in [4.78, 5) is 42.4. The zero-order valence-corrected chi connectivity index (χ0v) is 40.4. The van der Waals surface area contributed by atoms with E-state index in [1.165, 1.54) is 28.8 Å². The molecule has 4 aliphatic rings. The number of alkyl halides is 1. The van der Waals surface area contributed by atoms with Crippen molar-refractivity contribution in [1.29, 1.82) is 0 Å². The van der Waals surface area contributed by atoms with Gasteiger partial charge >= 0.3 is 5.97 Å². The summed E-state index contributed by atoms with van der Waals surface area (Å²) >= 11 is 6.27. The Labute approximate surface area is 405 Å². The number of benzene rings is 3. The molecule has 10 rings (SSSR count). The van der Waals surface area contributed by atoms with Crippen molar-refractivity contribution in [2.75, 3.05) is 75.8 Å². The number of aromatic carboxylic acids is 1. The van der Waals surface area contributed by atoms with E-state index in [-0.39, 0.29) is 47.7 Å². The maximum Gasteiger partial charge on any atom is 0.337 e. The number of nitrogens with one attached hydrogen (secondary N) is 3. The van der Waals surface area contributed by atoms with Crippen molar-refractivity contribution in [1.82, 2.24) is 34.3 Å². The number of hydrogen-bond donors (Lipinski definition) is 4. The molecule has 69 heavy (non-hydrogen) atoms. The molecule has 3 aromatic carbocycles. The van der Waals surface area contributed by atoms with Crippen molar-refractivity contribution in [2.45, 2.75) is 69.0 Å². The molecular formula is C51H57ClFN9O6S. The number of hydrogen-bond acceptors (Lipinski definition) is 11. The second-order valence-electron chi connectivity index (χ2n) is 19.8. The fourth-order valence-electron chi connectivity index (χ4n) is 10.4. The number of nitrogens with zero attached hydrogens (tertiary/aromatic N) is 6. The van der Waals surface area contributed by atoms with Crippen LogP contribution in [0, 0.1) is 5.41 Å². The van der Waals surface area contributed by atoms with Crippen molar-refractivity contribution < 1.29 is 32.2 Å². The summed E-state index contributed by atoms with van der Waals surface area (Å²) in [6.07, 6.45) is 8.01. The number of aromatic amines is 1. The first kappa shape index (κ1) is 46.9. The van der Waals surface area contributed by atoms with Crippen molar-refractivity contribution in [3.63, 3.8) is 0 Å². The molecule has 3 aromatic heterocycles. The fourth-order valence-corrected chi connectivity index (χ4v) is 11.5. The van der Waals surface area contributed by atoms with Gasteiger partial charge in [0.05, 0.1) is 33.8 Å². The molecule has 0 spiro atoms. The second kappa shape index (κ2) is 18.8. The summed E-state index contributed by atoms with van der Waals surface area (Å²) in [7, 11) is -4.62. The van der Waals surface area contributed by atoms with Crippen LogP contribution in [0.3, 0.4) is 0 Å². The minimum atomic E-state index is -4.62. The number of allylic oxidation sites excluding steroid dienone is 1.